The zero-order valence-electron chi connectivity index (χ0n) is 19.0. The van der Waals surface area contributed by atoms with E-state index in [2.05, 4.69) is 32.9 Å². The lowest BCUT2D eigenvalue weighted by molar-refractivity contribution is -0.148. The summed E-state index contributed by atoms with van der Waals surface area (Å²) < 4.78 is 5.52. The highest BCUT2D eigenvalue weighted by Gasteiger charge is 2.56. The van der Waals surface area contributed by atoms with Crippen molar-refractivity contribution in [2.45, 2.75) is 91.6 Å². The molecular weight excluding hydrogens is 394 g/mol. The molecule has 4 nitrogen and oxygen atoms in total. The number of fused-ring (bicyclic) bond motifs is 3. The van der Waals surface area contributed by atoms with Gasteiger partial charge in [0, 0.05) is 30.9 Å². The summed E-state index contributed by atoms with van der Waals surface area (Å²) in [5.74, 6) is 1.72. The molecule has 0 aliphatic heterocycles. The van der Waals surface area contributed by atoms with Crippen molar-refractivity contribution in [2.75, 3.05) is 5.75 Å². The van der Waals surface area contributed by atoms with Crippen LogP contribution in [0.4, 0.5) is 0 Å². The Hall–Kier alpha value is -1.28. The fourth-order valence-electron chi connectivity index (χ4n) is 6.49. The van der Waals surface area contributed by atoms with Crippen molar-refractivity contribution < 1.29 is 14.3 Å². The average molecular weight is 432 g/mol. The van der Waals surface area contributed by atoms with Gasteiger partial charge in [0.25, 0.3) is 0 Å². The van der Waals surface area contributed by atoms with Gasteiger partial charge in [0.05, 0.1) is 6.07 Å². The predicted octanol–water partition coefficient (Wildman–Crippen LogP) is 6.06. The molecule has 0 unspecified atom stereocenters. The van der Waals surface area contributed by atoms with Crippen molar-refractivity contribution >= 4 is 22.8 Å². The summed E-state index contributed by atoms with van der Waals surface area (Å²) in [5.41, 5.74) is 1.14. The van der Waals surface area contributed by atoms with Crippen LogP contribution in [0.2, 0.25) is 0 Å². The number of allylic oxidation sites excluding steroid dienone is 1. The Bertz CT molecular complexity index is 741. The molecule has 0 aromatic rings. The van der Waals surface area contributed by atoms with Gasteiger partial charge in [-0.05, 0) is 61.7 Å². The Balaban J connectivity index is 1.83. The van der Waals surface area contributed by atoms with Crippen molar-refractivity contribution in [2.24, 2.45) is 28.6 Å². The first-order chi connectivity index (χ1) is 14.3. The number of thioether (sulfide) groups is 1. The van der Waals surface area contributed by atoms with Gasteiger partial charge in [-0.15, -0.1) is 0 Å². The van der Waals surface area contributed by atoms with Crippen molar-refractivity contribution in [1.82, 2.24) is 0 Å². The van der Waals surface area contributed by atoms with Gasteiger partial charge in [-0.3, -0.25) is 9.59 Å². The third kappa shape index (κ3) is 4.35. The number of unbranched alkanes of at least 4 members (excludes halogenated alkanes) is 1. The van der Waals surface area contributed by atoms with E-state index >= 15 is 0 Å². The fourth-order valence-corrected chi connectivity index (χ4v) is 7.69. The van der Waals surface area contributed by atoms with E-state index in [0.717, 1.165) is 57.1 Å². The van der Waals surface area contributed by atoms with Gasteiger partial charge in [-0.1, -0.05) is 50.6 Å². The van der Waals surface area contributed by atoms with E-state index < -0.39 is 5.41 Å². The summed E-state index contributed by atoms with van der Waals surface area (Å²) in [6.07, 6.45) is 10.6. The quantitative estimate of drug-likeness (QED) is 0.290. The van der Waals surface area contributed by atoms with Gasteiger partial charge < -0.3 is 4.74 Å². The summed E-state index contributed by atoms with van der Waals surface area (Å²) in [6.45, 7) is 8.15. The van der Waals surface area contributed by atoms with E-state index in [9.17, 15) is 14.9 Å². The molecule has 3 aliphatic rings. The molecule has 0 spiro atoms. The molecule has 2 saturated carbocycles. The maximum absolute atomic E-state index is 13.3. The van der Waals surface area contributed by atoms with Gasteiger partial charge in [0.2, 0.25) is 0 Å². The molecule has 0 aromatic heterocycles. The molecule has 6 atom stereocenters. The van der Waals surface area contributed by atoms with E-state index in [0.29, 0.717) is 23.4 Å². The second-order valence-electron chi connectivity index (χ2n) is 10.0. The lowest BCUT2D eigenvalue weighted by atomic mass is 9.47. The number of ether oxygens (including phenoxy) is 1. The van der Waals surface area contributed by atoms with Crippen LogP contribution in [0.15, 0.2) is 11.6 Å². The number of carbonyl (C=O) groups is 2. The zero-order valence-corrected chi connectivity index (χ0v) is 19.9. The number of nitrogens with zero attached hydrogens (tertiary/aromatic N) is 1. The van der Waals surface area contributed by atoms with E-state index in [-0.39, 0.29) is 23.4 Å². The normalized spacial score (nSPS) is 37.9. The van der Waals surface area contributed by atoms with E-state index in [1.807, 2.05) is 0 Å². The second kappa shape index (κ2) is 9.47. The van der Waals surface area contributed by atoms with Crippen LogP contribution in [-0.2, 0) is 14.3 Å². The first-order valence-corrected chi connectivity index (χ1v) is 12.7. The van der Waals surface area contributed by atoms with Gasteiger partial charge in [-0.25, -0.2) is 0 Å². The Labute approximate surface area is 186 Å². The van der Waals surface area contributed by atoms with E-state index in [4.69, 9.17) is 4.74 Å². The van der Waals surface area contributed by atoms with Crippen LogP contribution in [0.25, 0.3) is 0 Å². The summed E-state index contributed by atoms with van der Waals surface area (Å²) in [4.78, 5) is 24.7. The van der Waals surface area contributed by atoms with E-state index in [1.54, 1.807) is 0 Å². The molecule has 3 rings (SSSR count). The number of carbonyl (C=O) groups excluding carboxylic acids is 2. The smallest absolute Gasteiger partial charge is 0.302 e. The predicted molar refractivity (Wildman–Crippen MR) is 121 cm³/mol. The lowest BCUT2D eigenvalue weighted by Crippen LogP contribution is -2.52. The van der Waals surface area contributed by atoms with Crippen LogP contribution in [0.5, 0.6) is 0 Å². The van der Waals surface area contributed by atoms with Crippen molar-refractivity contribution in [3.05, 3.63) is 11.6 Å². The highest BCUT2D eigenvalue weighted by molar-refractivity contribution is 8.13. The summed E-state index contributed by atoms with van der Waals surface area (Å²) in [5, 5.41) is 9.92. The molecule has 0 N–H and O–H groups in total. The Morgan fingerprint density at radius 1 is 1.30 bits per heavy atom. The molecule has 0 aromatic carbocycles. The molecule has 0 heterocycles. The van der Waals surface area contributed by atoms with Gasteiger partial charge in [0.1, 0.15) is 6.10 Å². The van der Waals surface area contributed by atoms with Crippen LogP contribution in [0.3, 0.4) is 0 Å². The van der Waals surface area contributed by atoms with Crippen molar-refractivity contribution in [3.8, 4) is 6.07 Å². The maximum atomic E-state index is 13.3. The molecule has 0 radical (unpaired) electrons. The molecule has 0 amide bonds. The molecular formula is C25H37NO3S. The number of nitriles is 1. The van der Waals surface area contributed by atoms with Crippen LogP contribution in [0.1, 0.15) is 85.5 Å². The van der Waals surface area contributed by atoms with Crippen LogP contribution in [-0.4, -0.2) is 22.9 Å². The maximum Gasteiger partial charge on any atom is 0.302 e. The zero-order chi connectivity index (χ0) is 21.9. The summed E-state index contributed by atoms with van der Waals surface area (Å²) >= 11 is 1.49. The minimum atomic E-state index is -0.397. The summed E-state index contributed by atoms with van der Waals surface area (Å²) in [6, 6.07) is 2.42. The highest BCUT2D eigenvalue weighted by Crippen LogP contribution is 2.62. The van der Waals surface area contributed by atoms with Crippen LogP contribution in [0, 0.1) is 39.9 Å². The van der Waals surface area contributed by atoms with Crippen molar-refractivity contribution in [1.29, 1.82) is 5.26 Å². The van der Waals surface area contributed by atoms with Gasteiger partial charge in [-0.2, -0.15) is 5.26 Å². The van der Waals surface area contributed by atoms with Gasteiger partial charge >= 0.3 is 5.97 Å². The minimum absolute atomic E-state index is 0.00122. The third-order valence-electron chi connectivity index (χ3n) is 8.29. The number of esters is 1. The number of hydrogen-bond donors (Lipinski definition) is 0. The minimum Gasteiger partial charge on any atom is -0.462 e. The monoisotopic (exact) mass is 431 g/mol. The SMILES string of the molecule is CCCCSC(=O)[C@]1(C)CC[C@@H]2[C@H](CC=C3C[C@@H](OC(C)=O)CC[C@@]32C)[C@@H]1CC#N. The highest BCUT2D eigenvalue weighted by atomic mass is 32.2. The first kappa shape index (κ1) is 23.4. The Morgan fingerprint density at radius 2 is 2.07 bits per heavy atom. The standard InChI is InChI=1S/C25H37NO3S/c1-5-6-15-30-23(28)25(4)13-10-21-20(22(25)11-14-26)8-7-18-16-19(29-17(2)27)9-12-24(18,21)3/h7,19-22H,5-6,8-13,15-16H2,1-4H3/t19-,20-,21+,22-,24-,25+/m0/s1. The molecule has 30 heavy (non-hydrogen) atoms. The molecule has 5 heteroatoms. The Morgan fingerprint density at radius 3 is 2.73 bits per heavy atom. The number of hydrogen-bond acceptors (Lipinski definition) is 5. The Kier molecular flexibility index (Phi) is 7.38. The lowest BCUT2D eigenvalue weighted by Gasteiger charge is -2.57. The van der Waals surface area contributed by atoms with Crippen LogP contribution >= 0.6 is 11.8 Å². The average Bonchev–Trinajstić information content (AvgIpc) is 2.70. The molecule has 2 fully saturated rings. The summed E-state index contributed by atoms with van der Waals surface area (Å²) in [7, 11) is 0. The van der Waals surface area contributed by atoms with Crippen LogP contribution < -0.4 is 0 Å². The third-order valence-corrected chi connectivity index (χ3v) is 9.51. The first-order valence-electron chi connectivity index (χ1n) is 11.7. The molecule has 0 bridgehead atoms. The van der Waals surface area contributed by atoms with Crippen molar-refractivity contribution in [3.63, 3.8) is 0 Å². The van der Waals surface area contributed by atoms with E-state index in [1.165, 1.54) is 24.3 Å². The molecule has 0 saturated heterocycles. The second-order valence-corrected chi connectivity index (χ2v) is 11.1. The molecule has 166 valence electrons. The number of rotatable bonds is 6. The molecule has 3 aliphatic carbocycles. The fraction of sp³-hybridized carbons (Fsp3) is 0.800. The topological polar surface area (TPSA) is 67.2 Å². The largest absolute Gasteiger partial charge is 0.462 e. The van der Waals surface area contributed by atoms with Gasteiger partial charge in [0.15, 0.2) is 5.12 Å².